The standard InChI is InChI=1S/C23H30BN5O7S/c30-21(29-11-13-37(35,36)14-12-29)15-18(27-23(32)19-16-25-9-10-26-19)22(31)28-20(24(33)34)8-4-7-17-5-2-1-3-6-17/h1-3,5-6,9-10,16,18,20,33-34H,4,7-8,11-15H2,(H,27,32)(H,28,31). The number of carbonyl (C=O) groups excluding carboxylic acids is 3. The predicted molar refractivity (Wildman–Crippen MR) is 135 cm³/mol. The molecule has 0 aliphatic carbocycles. The average Bonchev–Trinajstić information content (AvgIpc) is 2.88. The van der Waals surface area contributed by atoms with Gasteiger partial charge in [-0.3, -0.25) is 19.4 Å². The molecule has 2 atom stereocenters. The van der Waals surface area contributed by atoms with Crippen molar-refractivity contribution in [2.24, 2.45) is 0 Å². The maximum atomic E-state index is 13.1. The quantitative estimate of drug-likeness (QED) is 0.258. The summed E-state index contributed by atoms with van der Waals surface area (Å²) < 4.78 is 23.4. The number of hydrogen-bond acceptors (Lipinski definition) is 9. The zero-order valence-corrected chi connectivity index (χ0v) is 21.0. The van der Waals surface area contributed by atoms with Crippen molar-refractivity contribution in [3.05, 3.63) is 60.2 Å². The molecule has 3 amide bonds. The lowest BCUT2D eigenvalue weighted by Gasteiger charge is -2.29. The smallest absolute Gasteiger partial charge is 0.426 e. The van der Waals surface area contributed by atoms with Gasteiger partial charge < -0.3 is 25.6 Å². The fourth-order valence-electron chi connectivity index (χ4n) is 3.87. The Labute approximate surface area is 215 Å². The van der Waals surface area contributed by atoms with E-state index in [4.69, 9.17) is 0 Å². The van der Waals surface area contributed by atoms with Crippen molar-refractivity contribution in [2.75, 3.05) is 24.6 Å². The van der Waals surface area contributed by atoms with E-state index in [1.807, 2.05) is 30.3 Å². The lowest BCUT2D eigenvalue weighted by atomic mass is 9.76. The van der Waals surface area contributed by atoms with Gasteiger partial charge in [-0.2, -0.15) is 0 Å². The Morgan fingerprint density at radius 2 is 1.76 bits per heavy atom. The number of nitrogens with one attached hydrogen (secondary N) is 2. The number of carbonyl (C=O) groups is 3. The minimum absolute atomic E-state index is 0.00885. The molecule has 1 aliphatic heterocycles. The lowest BCUT2D eigenvalue weighted by molar-refractivity contribution is -0.134. The fourth-order valence-corrected chi connectivity index (χ4v) is 5.07. The van der Waals surface area contributed by atoms with E-state index >= 15 is 0 Å². The van der Waals surface area contributed by atoms with E-state index < -0.39 is 53.1 Å². The highest BCUT2D eigenvalue weighted by Gasteiger charge is 2.33. The van der Waals surface area contributed by atoms with Gasteiger partial charge in [0.05, 0.1) is 30.1 Å². The molecule has 0 radical (unpaired) electrons. The Kier molecular flexibility index (Phi) is 10.1. The molecule has 3 rings (SSSR count). The molecule has 4 N–H and O–H groups in total. The van der Waals surface area contributed by atoms with Crippen LogP contribution in [-0.2, 0) is 25.8 Å². The third-order valence-electron chi connectivity index (χ3n) is 6.00. The SMILES string of the molecule is O=C(NC(CC(=O)N1CCS(=O)(=O)CC1)C(=O)NC(CCCc1ccccc1)B(O)O)c1cnccn1. The summed E-state index contributed by atoms with van der Waals surface area (Å²) in [5, 5.41) is 24.7. The molecule has 1 aromatic heterocycles. The van der Waals surface area contributed by atoms with Gasteiger partial charge in [0.25, 0.3) is 5.91 Å². The van der Waals surface area contributed by atoms with Gasteiger partial charge in [-0.15, -0.1) is 0 Å². The third kappa shape index (κ3) is 8.91. The van der Waals surface area contributed by atoms with E-state index in [2.05, 4.69) is 20.6 Å². The average molecular weight is 531 g/mol. The van der Waals surface area contributed by atoms with Gasteiger partial charge >= 0.3 is 7.12 Å². The molecule has 12 nitrogen and oxygen atoms in total. The van der Waals surface area contributed by atoms with Crippen molar-refractivity contribution >= 4 is 34.7 Å². The summed E-state index contributed by atoms with van der Waals surface area (Å²) in [7, 11) is -5.08. The van der Waals surface area contributed by atoms with E-state index in [1.165, 1.54) is 23.5 Å². The number of amides is 3. The summed E-state index contributed by atoms with van der Waals surface area (Å²) in [6.07, 6.45) is 4.86. The normalized spacial score (nSPS) is 16.3. The van der Waals surface area contributed by atoms with Crippen molar-refractivity contribution in [1.82, 2.24) is 25.5 Å². The molecule has 0 bridgehead atoms. The first-order chi connectivity index (χ1) is 17.6. The van der Waals surface area contributed by atoms with Crippen molar-refractivity contribution in [3.63, 3.8) is 0 Å². The molecule has 1 fully saturated rings. The fraction of sp³-hybridized carbons (Fsp3) is 0.435. The van der Waals surface area contributed by atoms with Crippen molar-refractivity contribution in [1.29, 1.82) is 0 Å². The maximum absolute atomic E-state index is 13.1. The molecule has 1 aromatic carbocycles. The van der Waals surface area contributed by atoms with Crippen LogP contribution in [-0.4, -0.2) is 94.8 Å². The van der Waals surface area contributed by atoms with Gasteiger partial charge in [-0.05, 0) is 24.8 Å². The molecule has 1 saturated heterocycles. The van der Waals surface area contributed by atoms with Crippen LogP contribution in [0.3, 0.4) is 0 Å². The number of rotatable bonds is 11. The molecule has 2 heterocycles. The van der Waals surface area contributed by atoms with Gasteiger partial charge in [0.1, 0.15) is 11.7 Å². The van der Waals surface area contributed by atoms with Crippen LogP contribution in [0.4, 0.5) is 0 Å². The predicted octanol–water partition coefficient (Wildman–Crippen LogP) is -1.26. The van der Waals surface area contributed by atoms with Crippen molar-refractivity contribution in [2.45, 2.75) is 37.7 Å². The van der Waals surface area contributed by atoms with Crippen molar-refractivity contribution < 1.29 is 32.8 Å². The number of hydrogen-bond donors (Lipinski definition) is 4. The number of aromatic nitrogens is 2. The van der Waals surface area contributed by atoms with Crippen molar-refractivity contribution in [3.8, 4) is 0 Å². The maximum Gasteiger partial charge on any atom is 0.475 e. The molecule has 198 valence electrons. The molecule has 0 spiro atoms. The van der Waals surface area contributed by atoms with Crippen LogP contribution in [0.5, 0.6) is 0 Å². The van der Waals surface area contributed by atoms with Crippen LogP contribution in [0, 0.1) is 0 Å². The molecule has 2 aromatic rings. The van der Waals surface area contributed by atoms with E-state index in [0.717, 1.165) is 5.56 Å². The van der Waals surface area contributed by atoms with Crippen LogP contribution in [0.1, 0.15) is 35.3 Å². The third-order valence-corrected chi connectivity index (χ3v) is 7.61. The summed E-state index contributed by atoms with van der Waals surface area (Å²) >= 11 is 0. The Balaban J connectivity index is 1.67. The second kappa shape index (κ2) is 13.3. The number of nitrogens with zero attached hydrogens (tertiary/aromatic N) is 3. The zero-order chi connectivity index (χ0) is 26.8. The minimum Gasteiger partial charge on any atom is -0.426 e. The topological polar surface area (TPSA) is 179 Å². The lowest BCUT2D eigenvalue weighted by Crippen LogP contribution is -2.55. The zero-order valence-electron chi connectivity index (χ0n) is 20.2. The monoisotopic (exact) mass is 531 g/mol. The van der Waals surface area contributed by atoms with E-state index in [9.17, 15) is 32.8 Å². The number of sulfone groups is 1. The largest absolute Gasteiger partial charge is 0.475 e. The first-order valence-corrected chi connectivity index (χ1v) is 13.7. The molecular formula is C23H30BN5O7S. The van der Waals surface area contributed by atoms with Gasteiger partial charge in [-0.25, -0.2) is 13.4 Å². The Hall–Kier alpha value is -3.36. The van der Waals surface area contributed by atoms with Gasteiger partial charge in [0.15, 0.2) is 9.84 Å². The first-order valence-electron chi connectivity index (χ1n) is 11.9. The van der Waals surface area contributed by atoms with Crippen LogP contribution < -0.4 is 10.6 Å². The number of aryl methyl sites for hydroxylation is 1. The molecule has 14 heteroatoms. The Morgan fingerprint density at radius 3 is 2.38 bits per heavy atom. The number of benzene rings is 1. The van der Waals surface area contributed by atoms with Gasteiger partial charge in [0, 0.05) is 25.5 Å². The van der Waals surface area contributed by atoms with Crippen LogP contribution >= 0.6 is 0 Å². The molecule has 1 aliphatic rings. The highest BCUT2D eigenvalue weighted by molar-refractivity contribution is 7.91. The Morgan fingerprint density at radius 1 is 1.05 bits per heavy atom. The summed E-state index contributed by atoms with van der Waals surface area (Å²) in [5.41, 5.74) is 0.988. The summed E-state index contributed by atoms with van der Waals surface area (Å²) in [6, 6.07) is 8.21. The minimum atomic E-state index is -3.22. The second-order valence-electron chi connectivity index (χ2n) is 8.76. The van der Waals surface area contributed by atoms with Gasteiger partial charge in [0.2, 0.25) is 11.8 Å². The molecule has 37 heavy (non-hydrogen) atoms. The summed E-state index contributed by atoms with van der Waals surface area (Å²) in [6.45, 7) is -0.0177. The highest BCUT2D eigenvalue weighted by Crippen LogP contribution is 2.10. The highest BCUT2D eigenvalue weighted by atomic mass is 32.2. The summed E-state index contributed by atoms with van der Waals surface area (Å²) in [4.78, 5) is 47.7. The van der Waals surface area contributed by atoms with E-state index in [0.29, 0.717) is 12.8 Å². The second-order valence-corrected chi connectivity index (χ2v) is 11.1. The molecule has 0 saturated carbocycles. The van der Waals surface area contributed by atoms with Crippen LogP contribution in [0.25, 0.3) is 0 Å². The van der Waals surface area contributed by atoms with Crippen LogP contribution in [0.2, 0.25) is 0 Å². The molecular weight excluding hydrogens is 501 g/mol. The summed E-state index contributed by atoms with van der Waals surface area (Å²) in [5.74, 6) is -3.44. The van der Waals surface area contributed by atoms with E-state index in [-0.39, 0.29) is 36.7 Å². The van der Waals surface area contributed by atoms with Gasteiger partial charge in [-0.1, -0.05) is 30.3 Å². The van der Waals surface area contributed by atoms with Crippen LogP contribution in [0.15, 0.2) is 48.9 Å². The van der Waals surface area contributed by atoms with E-state index in [1.54, 1.807) is 0 Å². The Bertz CT molecular complexity index is 1150. The molecule has 2 unspecified atom stereocenters. The first kappa shape index (κ1) is 28.2.